The van der Waals surface area contributed by atoms with Crippen LogP contribution in [0.25, 0.3) is 0 Å². The molecule has 5 nitrogen and oxygen atoms in total. The van der Waals surface area contributed by atoms with Gasteiger partial charge in [-0.15, -0.1) is 0 Å². The van der Waals surface area contributed by atoms with Crippen LogP contribution in [-0.4, -0.2) is 62.3 Å². The average molecular weight is 297 g/mol. The Balaban J connectivity index is 1.81. The average Bonchev–Trinajstić information content (AvgIpc) is 2.52. The van der Waals surface area contributed by atoms with E-state index in [1.165, 1.54) is 6.42 Å². The summed E-state index contributed by atoms with van der Waals surface area (Å²) in [5.74, 6) is 0.819. The van der Waals surface area contributed by atoms with Gasteiger partial charge in [0.1, 0.15) is 0 Å². The zero-order chi connectivity index (χ0) is 15.1. The Hall–Kier alpha value is -0.650. The Morgan fingerprint density at radius 1 is 1.33 bits per heavy atom. The van der Waals surface area contributed by atoms with Gasteiger partial charge in [-0.05, 0) is 31.7 Å². The van der Waals surface area contributed by atoms with Crippen molar-refractivity contribution in [1.29, 1.82) is 0 Å². The fourth-order valence-corrected chi connectivity index (χ4v) is 3.27. The van der Waals surface area contributed by atoms with Gasteiger partial charge in [0.25, 0.3) is 0 Å². The number of hydrogen-bond acceptors (Lipinski definition) is 4. The first-order valence-electron chi connectivity index (χ1n) is 8.49. The Labute approximate surface area is 128 Å². The Bertz CT molecular complexity index is 311. The lowest BCUT2D eigenvalue weighted by Crippen LogP contribution is -2.52. The number of nitrogens with zero attached hydrogens (tertiary/aromatic N) is 1. The number of amides is 1. The van der Waals surface area contributed by atoms with Crippen molar-refractivity contribution in [3.63, 3.8) is 0 Å². The minimum atomic E-state index is 0.0168. The molecule has 2 unspecified atom stereocenters. The summed E-state index contributed by atoms with van der Waals surface area (Å²) < 4.78 is 5.44. The zero-order valence-electron chi connectivity index (χ0n) is 13.6. The molecule has 0 aromatic rings. The standard InChI is InChI=1S/C16H31N3O2/c1-13(2)11-14(19-7-9-21-10-8-19)12-18-16(20)15-5-3-4-6-17-15/h13-15,17H,3-12H2,1-2H3,(H,18,20). The van der Waals surface area contributed by atoms with Crippen LogP contribution in [0.2, 0.25) is 0 Å². The van der Waals surface area contributed by atoms with E-state index in [1.54, 1.807) is 0 Å². The normalized spacial score (nSPS) is 25.8. The van der Waals surface area contributed by atoms with E-state index in [4.69, 9.17) is 4.74 Å². The second-order valence-electron chi connectivity index (χ2n) is 6.68. The molecular weight excluding hydrogens is 266 g/mol. The lowest BCUT2D eigenvalue weighted by atomic mass is 10.0. The maximum atomic E-state index is 12.3. The molecule has 2 fully saturated rings. The summed E-state index contributed by atoms with van der Waals surface area (Å²) in [5.41, 5.74) is 0. The van der Waals surface area contributed by atoms with Crippen LogP contribution in [0.1, 0.15) is 39.5 Å². The highest BCUT2D eigenvalue weighted by Gasteiger charge is 2.25. The molecule has 2 saturated heterocycles. The first-order valence-corrected chi connectivity index (χ1v) is 8.49. The summed E-state index contributed by atoms with van der Waals surface area (Å²) in [7, 11) is 0. The van der Waals surface area contributed by atoms with Gasteiger partial charge in [-0.1, -0.05) is 20.3 Å². The van der Waals surface area contributed by atoms with Gasteiger partial charge in [-0.2, -0.15) is 0 Å². The molecule has 0 aromatic carbocycles. The third kappa shape index (κ3) is 5.57. The molecule has 1 amide bonds. The molecule has 0 aliphatic carbocycles. The first-order chi connectivity index (χ1) is 10.2. The van der Waals surface area contributed by atoms with Crippen molar-refractivity contribution in [2.24, 2.45) is 5.92 Å². The van der Waals surface area contributed by atoms with E-state index in [-0.39, 0.29) is 11.9 Å². The largest absolute Gasteiger partial charge is 0.379 e. The minimum Gasteiger partial charge on any atom is -0.379 e. The van der Waals surface area contributed by atoms with Crippen LogP contribution in [0.4, 0.5) is 0 Å². The van der Waals surface area contributed by atoms with Crippen molar-refractivity contribution in [2.45, 2.75) is 51.6 Å². The maximum absolute atomic E-state index is 12.3. The molecule has 122 valence electrons. The second-order valence-corrected chi connectivity index (χ2v) is 6.68. The van der Waals surface area contributed by atoms with Crippen LogP contribution in [0.15, 0.2) is 0 Å². The van der Waals surface area contributed by atoms with Crippen molar-refractivity contribution in [3.05, 3.63) is 0 Å². The van der Waals surface area contributed by atoms with Gasteiger partial charge >= 0.3 is 0 Å². The fourth-order valence-electron chi connectivity index (χ4n) is 3.27. The van der Waals surface area contributed by atoms with Gasteiger partial charge in [-0.25, -0.2) is 0 Å². The molecule has 21 heavy (non-hydrogen) atoms. The lowest BCUT2D eigenvalue weighted by Gasteiger charge is -2.36. The quantitative estimate of drug-likeness (QED) is 0.768. The highest BCUT2D eigenvalue weighted by Crippen LogP contribution is 2.13. The Kier molecular flexibility index (Phi) is 6.93. The topological polar surface area (TPSA) is 53.6 Å². The van der Waals surface area contributed by atoms with Crippen LogP contribution in [0, 0.1) is 5.92 Å². The number of carbonyl (C=O) groups excluding carboxylic acids is 1. The molecule has 2 aliphatic rings. The fraction of sp³-hybridized carbons (Fsp3) is 0.938. The molecular formula is C16H31N3O2. The molecule has 2 atom stereocenters. The van der Waals surface area contributed by atoms with Crippen molar-refractivity contribution in [2.75, 3.05) is 39.4 Å². The number of ether oxygens (including phenoxy) is 1. The zero-order valence-corrected chi connectivity index (χ0v) is 13.6. The SMILES string of the molecule is CC(C)CC(CNC(=O)C1CCCCN1)N1CCOCC1. The summed E-state index contributed by atoms with van der Waals surface area (Å²) in [5, 5.41) is 6.49. The monoisotopic (exact) mass is 297 g/mol. The van der Waals surface area contributed by atoms with E-state index in [0.29, 0.717) is 12.0 Å². The predicted molar refractivity (Wildman–Crippen MR) is 84.3 cm³/mol. The van der Waals surface area contributed by atoms with Gasteiger partial charge < -0.3 is 15.4 Å². The number of nitrogens with one attached hydrogen (secondary N) is 2. The second kappa shape index (κ2) is 8.71. The molecule has 0 spiro atoms. The van der Waals surface area contributed by atoms with Crippen molar-refractivity contribution >= 4 is 5.91 Å². The Morgan fingerprint density at radius 2 is 2.10 bits per heavy atom. The molecule has 2 N–H and O–H groups in total. The molecule has 0 aromatic heterocycles. The molecule has 0 bridgehead atoms. The highest BCUT2D eigenvalue weighted by molar-refractivity contribution is 5.81. The van der Waals surface area contributed by atoms with E-state index in [2.05, 4.69) is 29.4 Å². The van der Waals surface area contributed by atoms with Crippen LogP contribution >= 0.6 is 0 Å². The van der Waals surface area contributed by atoms with Crippen LogP contribution in [-0.2, 0) is 9.53 Å². The van der Waals surface area contributed by atoms with E-state index < -0.39 is 0 Å². The number of carbonyl (C=O) groups is 1. The van der Waals surface area contributed by atoms with E-state index in [0.717, 1.165) is 58.7 Å². The van der Waals surface area contributed by atoms with Crippen LogP contribution in [0.3, 0.4) is 0 Å². The van der Waals surface area contributed by atoms with Gasteiger partial charge in [0.2, 0.25) is 5.91 Å². The minimum absolute atomic E-state index is 0.0168. The van der Waals surface area contributed by atoms with Crippen molar-refractivity contribution in [1.82, 2.24) is 15.5 Å². The highest BCUT2D eigenvalue weighted by atomic mass is 16.5. The van der Waals surface area contributed by atoms with Gasteiger partial charge in [0.05, 0.1) is 19.3 Å². The summed E-state index contributed by atoms with van der Waals surface area (Å²) in [6.07, 6.45) is 4.44. The summed E-state index contributed by atoms with van der Waals surface area (Å²) in [6, 6.07) is 0.449. The van der Waals surface area contributed by atoms with E-state index in [9.17, 15) is 4.79 Å². The molecule has 5 heteroatoms. The molecule has 0 saturated carbocycles. The van der Waals surface area contributed by atoms with E-state index >= 15 is 0 Å². The summed E-state index contributed by atoms with van der Waals surface area (Å²) in [4.78, 5) is 14.7. The van der Waals surface area contributed by atoms with Gasteiger partial charge in [0, 0.05) is 25.7 Å². The van der Waals surface area contributed by atoms with Crippen LogP contribution < -0.4 is 10.6 Å². The number of hydrogen-bond donors (Lipinski definition) is 2. The molecule has 2 rings (SSSR count). The van der Waals surface area contributed by atoms with Crippen molar-refractivity contribution < 1.29 is 9.53 Å². The first kappa shape index (κ1) is 16.7. The number of rotatable bonds is 6. The molecule has 0 radical (unpaired) electrons. The maximum Gasteiger partial charge on any atom is 0.237 e. The summed E-state index contributed by atoms with van der Waals surface area (Å²) >= 11 is 0. The lowest BCUT2D eigenvalue weighted by molar-refractivity contribution is -0.124. The van der Waals surface area contributed by atoms with Gasteiger partial charge in [0.15, 0.2) is 0 Å². The molecule has 2 heterocycles. The molecule has 2 aliphatic heterocycles. The van der Waals surface area contributed by atoms with Crippen molar-refractivity contribution in [3.8, 4) is 0 Å². The third-order valence-electron chi connectivity index (χ3n) is 4.44. The third-order valence-corrected chi connectivity index (χ3v) is 4.44. The van der Waals surface area contributed by atoms with E-state index in [1.807, 2.05) is 0 Å². The number of piperidine rings is 1. The number of morpholine rings is 1. The van der Waals surface area contributed by atoms with Gasteiger partial charge in [-0.3, -0.25) is 9.69 Å². The Morgan fingerprint density at radius 3 is 2.71 bits per heavy atom. The van der Waals surface area contributed by atoms with Crippen LogP contribution in [0.5, 0.6) is 0 Å². The summed E-state index contributed by atoms with van der Waals surface area (Å²) in [6.45, 7) is 9.81. The smallest absolute Gasteiger partial charge is 0.237 e. The predicted octanol–water partition coefficient (Wildman–Crippen LogP) is 0.992.